The van der Waals surface area contributed by atoms with E-state index in [4.69, 9.17) is 0 Å². The molecule has 0 spiro atoms. The number of likely N-dealkylation sites (tertiary alicyclic amines) is 1. The molecule has 2 aliphatic rings. The molecule has 2 aliphatic heterocycles. The molecule has 0 radical (unpaired) electrons. The average Bonchev–Trinajstić information content (AvgIpc) is 2.48. The first-order valence-electron chi connectivity index (χ1n) is 7.52. The molecule has 0 aromatic heterocycles. The lowest BCUT2D eigenvalue weighted by Gasteiger charge is -2.35. The highest BCUT2D eigenvalue weighted by atomic mass is 16.2. The van der Waals surface area contributed by atoms with E-state index in [0.29, 0.717) is 6.54 Å². The first kappa shape index (κ1) is 14.3. The second kappa shape index (κ2) is 6.89. The number of amides is 2. The monoisotopic (exact) mass is 267 g/mol. The zero-order valence-corrected chi connectivity index (χ0v) is 11.8. The minimum absolute atomic E-state index is 0.00904. The Morgan fingerprint density at radius 2 is 1.95 bits per heavy atom. The quantitative estimate of drug-likeness (QED) is 0.783. The van der Waals surface area contributed by atoms with E-state index in [1.807, 2.05) is 11.8 Å². The first-order valence-corrected chi connectivity index (χ1v) is 7.52. The van der Waals surface area contributed by atoms with Gasteiger partial charge in [-0.3, -0.25) is 9.59 Å². The lowest BCUT2D eigenvalue weighted by molar-refractivity contribution is -0.137. The fourth-order valence-corrected chi connectivity index (χ4v) is 2.96. The Bertz CT molecular complexity index is 319. The van der Waals surface area contributed by atoms with Crippen molar-refractivity contribution >= 4 is 11.8 Å². The van der Waals surface area contributed by atoms with Gasteiger partial charge < -0.3 is 15.5 Å². The molecule has 5 nitrogen and oxygen atoms in total. The summed E-state index contributed by atoms with van der Waals surface area (Å²) in [5, 5.41) is 6.17. The van der Waals surface area contributed by atoms with Gasteiger partial charge in [0.05, 0.1) is 6.04 Å². The minimum atomic E-state index is 0.00904. The van der Waals surface area contributed by atoms with Crippen molar-refractivity contribution in [2.24, 2.45) is 5.92 Å². The van der Waals surface area contributed by atoms with Gasteiger partial charge in [-0.05, 0) is 39.2 Å². The van der Waals surface area contributed by atoms with Crippen LogP contribution in [0.3, 0.4) is 0 Å². The van der Waals surface area contributed by atoms with Crippen LogP contribution in [0.1, 0.15) is 39.0 Å². The lowest BCUT2D eigenvalue weighted by atomic mass is 9.94. The molecule has 1 atom stereocenters. The molecule has 108 valence electrons. The summed E-state index contributed by atoms with van der Waals surface area (Å²) in [7, 11) is 0. The highest BCUT2D eigenvalue weighted by Gasteiger charge is 2.30. The Morgan fingerprint density at radius 1 is 1.21 bits per heavy atom. The molecule has 0 saturated carbocycles. The van der Waals surface area contributed by atoms with Gasteiger partial charge in [0.1, 0.15) is 0 Å². The molecule has 2 fully saturated rings. The topological polar surface area (TPSA) is 61.4 Å². The maximum absolute atomic E-state index is 12.3. The van der Waals surface area contributed by atoms with Gasteiger partial charge in [-0.1, -0.05) is 6.42 Å². The van der Waals surface area contributed by atoms with Crippen molar-refractivity contribution in [2.45, 2.75) is 45.1 Å². The van der Waals surface area contributed by atoms with Gasteiger partial charge in [0.2, 0.25) is 11.8 Å². The largest absolute Gasteiger partial charge is 0.356 e. The van der Waals surface area contributed by atoms with Crippen LogP contribution >= 0.6 is 0 Å². The number of hydrogen-bond acceptors (Lipinski definition) is 3. The third-order valence-electron chi connectivity index (χ3n) is 4.14. The lowest BCUT2D eigenvalue weighted by Crippen LogP contribution is -2.51. The number of nitrogens with one attached hydrogen (secondary N) is 2. The molecule has 19 heavy (non-hydrogen) atoms. The molecule has 2 heterocycles. The van der Waals surface area contributed by atoms with Crippen molar-refractivity contribution in [1.29, 1.82) is 0 Å². The molecule has 2 N–H and O–H groups in total. The van der Waals surface area contributed by atoms with Crippen molar-refractivity contribution < 1.29 is 9.59 Å². The third kappa shape index (κ3) is 3.69. The van der Waals surface area contributed by atoms with E-state index in [2.05, 4.69) is 10.6 Å². The Labute approximate surface area is 115 Å². The number of piperidine rings is 2. The van der Waals surface area contributed by atoms with Crippen LogP contribution in [-0.2, 0) is 9.59 Å². The predicted molar refractivity (Wildman–Crippen MR) is 73.6 cm³/mol. The highest BCUT2D eigenvalue weighted by Crippen LogP contribution is 2.19. The second-order valence-corrected chi connectivity index (χ2v) is 5.50. The maximum atomic E-state index is 12.3. The van der Waals surface area contributed by atoms with Crippen molar-refractivity contribution in [3.05, 3.63) is 0 Å². The summed E-state index contributed by atoms with van der Waals surface area (Å²) in [6, 6.07) is 0.00904. The molecule has 0 aromatic rings. The summed E-state index contributed by atoms with van der Waals surface area (Å²) in [5.41, 5.74) is 0. The highest BCUT2D eigenvalue weighted by molar-refractivity contribution is 5.83. The number of carbonyl (C=O) groups excluding carboxylic acids is 2. The van der Waals surface area contributed by atoms with Gasteiger partial charge in [-0.2, -0.15) is 0 Å². The minimum Gasteiger partial charge on any atom is -0.356 e. The van der Waals surface area contributed by atoms with Gasteiger partial charge in [-0.15, -0.1) is 0 Å². The average molecular weight is 267 g/mol. The predicted octanol–water partition coefficient (Wildman–Crippen LogP) is 0.503. The van der Waals surface area contributed by atoms with E-state index in [1.54, 1.807) is 0 Å². The molecule has 2 rings (SSSR count). The van der Waals surface area contributed by atoms with Crippen molar-refractivity contribution in [1.82, 2.24) is 15.5 Å². The standard InChI is InChI=1S/C14H25N3O2/c1-2-15-13(18)11-6-9-17(10-7-11)14(19)12-5-3-4-8-16-12/h11-12,16H,2-10H2,1H3,(H,15,18)/t12-/m0/s1. The van der Waals surface area contributed by atoms with Crippen LogP contribution in [-0.4, -0.2) is 48.9 Å². The number of nitrogens with zero attached hydrogens (tertiary/aromatic N) is 1. The fourth-order valence-electron chi connectivity index (χ4n) is 2.96. The Morgan fingerprint density at radius 3 is 2.53 bits per heavy atom. The molecule has 5 heteroatoms. The Hall–Kier alpha value is -1.10. The van der Waals surface area contributed by atoms with E-state index < -0.39 is 0 Å². The zero-order chi connectivity index (χ0) is 13.7. The van der Waals surface area contributed by atoms with Crippen LogP contribution in [0.2, 0.25) is 0 Å². The molecule has 0 bridgehead atoms. The Kier molecular flexibility index (Phi) is 5.19. The summed E-state index contributed by atoms with van der Waals surface area (Å²) in [6.07, 6.45) is 4.85. The second-order valence-electron chi connectivity index (χ2n) is 5.50. The summed E-state index contributed by atoms with van der Waals surface area (Å²) < 4.78 is 0. The summed E-state index contributed by atoms with van der Waals surface area (Å²) >= 11 is 0. The maximum Gasteiger partial charge on any atom is 0.239 e. The van der Waals surface area contributed by atoms with Gasteiger partial charge in [0.25, 0.3) is 0 Å². The molecule has 0 unspecified atom stereocenters. The number of rotatable bonds is 3. The van der Waals surface area contributed by atoms with E-state index in [-0.39, 0.29) is 23.8 Å². The van der Waals surface area contributed by atoms with Crippen LogP contribution in [0.4, 0.5) is 0 Å². The summed E-state index contributed by atoms with van der Waals surface area (Å²) in [5.74, 6) is 0.461. The van der Waals surface area contributed by atoms with Gasteiger partial charge in [0.15, 0.2) is 0 Å². The van der Waals surface area contributed by atoms with Gasteiger partial charge >= 0.3 is 0 Å². The van der Waals surface area contributed by atoms with Gasteiger partial charge in [-0.25, -0.2) is 0 Å². The van der Waals surface area contributed by atoms with Crippen molar-refractivity contribution in [3.63, 3.8) is 0 Å². The summed E-state index contributed by atoms with van der Waals surface area (Å²) in [4.78, 5) is 26.0. The zero-order valence-electron chi connectivity index (χ0n) is 11.8. The Balaban J connectivity index is 1.79. The van der Waals surface area contributed by atoms with Crippen LogP contribution < -0.4 is 10.6 Å². The number of hydrogen-bond donors (Lipinski definition) is 2. The fraction of sp³-hybridized carbons (Fsp3) is 0.857. The summed E-state index contributed by atoms with van der Waals surface area (Å²) in [6.45, 7) is 5.01. The molecular weight excluding hydrogens is 242 g/mol. The molecule has 0 aromatic carbocycles. The van der Waals surface area contributed by atoms with Gasteiger partial charge in [0, 0.05) is 25.6 Å². The van der Waals surface area contributed by atoms with Crippen LogP contribution in [0, 0.1) is 5.92 Å². The molecule has 0 aliphatic carbocycles. The normalized spacial score (nSPS) is 25.1. The van der Waals surface area contributed by atoms with Crippen molar-refractivity contribution in [2.75, 3.05) is 26.2 Å². The van der Waals surface area contributed by atoms with Crippen LogP contribution in [0.15, 0.2) is 0 Å². The van der Waals surface area contributed by atoms with Crippen LogP contribution in [0.25, 0.3) is 0 Å². The van der Waals surface area contributed by atoms with Crippen LogP contribution in [0.5, 0.6) is 0 Å². The smallest absolute Gasteiger partial charge is 0.239 e. The van der Waals surface area contributed by atoms with E-state index in [0.717, 1.165) is 45.3 Å². The molecule has 2 saturated heterocycles. The number of carbonyl (C=O) groups is 2. The van der Waals surface area contributed by atoms with E-state index in [9.17, 15) is 9.59 Å². The van der Waals surface area contributed by atoms with Crippen molar-refractivity contribution in [3.8, 4) is 0 Å². The molecular formula is C14H25N3O2. The SMILES string of the molecule is CCNC(=O)C1CCN(C(=O)[C@@H]2CCCCN2)CC1. The van der Waals surface area contributed by atoms with E-state index >= 15 is 0 Å². The first-order chi connectivity index (χ1) is 9.22. The molecule has 2 amide bonds. The third-order valence-corrected chi connectivity index (χ3v) is 4.14. The van der Waals surface area contributed by atoms with E-state index in [1.165, 1.54) is 6.42 Å².